The Labute approximate surface area is 118 Å². The van der Waals surface area contributed by atoms with Gasteiger partial charge in [0.2, 0.25) is 0 Å². The molecule has 0 aliphatic rings. The van der Waals surface area contributed by atoms with Crippen molar-refractivity contribution >= 4 is 11.5 Å². The minimum atomic E-state index is -0.125. The summed E-state index contributed by atoms with van der Waals surface area (Å²) in [6.07, 6.45) is 1.70. The third kappa shape index (κ3) is 3.14. The number of pyridine rings is 1. The zero-order chi connectivity index (χ0) is 14.5. The molecule has 20 heavy (non-hydrogen) atoms. The lowest BCUT2D eigenvalue weighted by Gasteiger charge is -2.16. The highest BCUT2D eigenvalue weighted by molar-refractivity contribution is 5.41. The predicted octanol–water partition coefficient (Wildman–Crippen LogP) is 1.18. The summed E-state index contributed by atoms with van der Waals surface area (Å²) >= 11 is 0. The van der Waals surface area contributed by atoms with Crippen LogP contribution in [-0.4, -0.2) is 35.4 Å². The molecule has 0 spiro atoms. The summed E-state index contributed by atoms with van der Waals surface area (Å²) in [5.74, 6) is 0.776. The van der Waals surface area contributed by atoms with Gasteiger partial charge in [0.05, 0.1) is 24.1 Å². The number of nitrogens with zero attached hydrogens (tertiary/aromatic N) is 4. The SMILES string of the molecule is CCN(C)c1cnn(Cc2cccc(NC)n2)c(=O)c1. The van der Waals surface area contributed by atoms with E-state index in [2.05, 4.69) is 15.4 Å². The molecule has 0 saturated carbocycles. The number of nitrogens with one attached hydrogen (secondary N) is 1. The highest BCUT2D eigenvalue weighted by Gasteiger charge is 2.05. The average molecular weight is 273 g/mol. The first-order valence-corrected chi connectivity index (χ1v) is 6.56. The Balaban J connectivity index is 2.23. The number of rotatable bonds is 5. The molecule has 1 N–H and O–H groups in total. The Hall–Kier alpha value is -2.37. The fourth-order valence-corrected chi connectivity index (χ4v) is 1.79. The van der Waals surface area contributed by atoms with Gasteiger partial charge < -0.3 is 10.2 Å². The molecule has 6 nitrogen and oxygen atoms in total. The van der Waals surface area contributed by atoms with Gasteiger partial charge in [-0.2, -0.15) is 5.10 Å². The van der Waals surface area contributed by atoms with E-state index in [1.807, 2.05) is 44.1 Å². The largest absolute Gasteiger partial charge is 0.373 e. The second kappa shape index (κ2) is 6.18. The number of anilines is 2. The maximum atomic E-state index is 12.0. The quantitative estimate of drug-likeness (QED) is 0.886. The Bertz CT molecular complexity index is 637. The maximum Gasteiger partial charge on any atom is 0.269 e. The normalized spacial score (nSPS) is 10.3. The van der Waals surface area contributed by atoms with Gasteiger partial charge in [-0.25, -0.2) is 9.67 Å². The molecule has 0 aliphatic heterocycles. The third-order valence-corrected chi connectivity index (χ3v) is 3.14. The van der Waals surface area contributed by atoms with Crippen LogP contribution in [0.2, 0.25) is 0 Å². The predicted molar refractivity (Wildman–Crippen MR) is 80.3 cm³/mol. The summed E-state index contributed by atoms with van der Waals surface area (Å²) < 4.78 is 1.41. The second-order valence-electron chi connectivity index (χ2n) is 4.49. The Morgan fingerprint density at radius 3 is 2.85 bits per heavy atom. The van der Waals surface area contributed by atoms with Crippen molar-refractivity contribution in [3.05, 3.63) is 46.5 Å². The molecule has 2 rings (SSSR count). The molecule has 0 saturated heterocycles. The summed E-state index contributed by atoms with van der Waals surface area (Å²) in [5, 5.41) is 7.17. The standard InChI is InChI=1S/C14H19N5O/c1-4-18(3)12-8-14(20)19(16-9-12)10-11-6-5-7-13(15-2)17-11/h5-9H,4,10H2,1-3H3,(H,15,17). The fraction of sp³-hybridized carbons (Fsp3) is 0.357. The summed E-state index contributed by atoms with van der Waals surface area (Å²) in [4.78, 5) is 18.4. The lowest BCUT2D eigenvalue weighted by molar-refractivity contribution is 0.627. The van der Waals surface area contributed by atoms with Crippen molar-refractivity contribution in [1.29, 1.82) is 0 Å². The van der Waals surface area contributed by atoms with E-state index in [4.69, 9.17) is 0 Å². The first-order valence-electron chi connectivity index (χ1n) is 6.56. The van der Waals surface area contributed by atoms with Gasteiger partial charge in [-0.3, -0.25) is 4.79 Å². The van der Waals surface area contributed by atoms with Crippen molar-refractivity contribution in [1.82, 2.24) is 14.8 Å². The monoisotopic (exact) mass is 273 g/mol. The van der Waals surface area contributed by atoms with Gasteiger partial charge in [0.25, 0.3) is 5.56 Å². The van der Waals surface area contributed by atoms with E-state index in [1.54, 1.807) is 12.3 Å². The Morgan fingerprint density at radius 1 is 1.40 bits per heavy atom. The van der Waals surface area contributed by atoms with Crippen molar-refractivity contribution < 1.29 is 0 Å². The molecular weight excluding hydrogens is 254 g/mol. The molecule has 0 aromatic carbocycles. The lowest BCUT2D eigenvalue weighted by atomic mass is 10.3. The van der Waals surface area contributed by atoms with E-state index in [0.29, 0.717) is 6.54 Å². The van der Waals surface area contributed by atoms with Crippen molar-refractivity contribution in [3.63, 3.8) is 0 Å². The third-order valence-electron chi connectivity index (χ3n) is 3.14. The molecule has 2 heterocycles. The first-order chi connectivity index (χ1) is 9.63. The molecule has 2 aromatic heterocycles. The average Bonchev–Trinajstić information content (AvgIpc) is 2.48. The van der Waals surface area contributed by atoms with Crippen LogP contribution < -0.4 is 15.8 Å². The minimum Gasteiger partial charge on any atom is -0.373 e. The van der Waals surface area contributed by atoms with Crippen LogP contribution in [0.15, 0.2) is 35.3 Å². The molecule has 0 aliphatic carbocycles. The summed E-state index contributed by atoms with van der Waals surface area (Å²) in [6, 6.07) is 7.25. The smallest absolute Gasteiger partial charge is 0.269 e. The van der Waals surface area contributed by atoms with Crippen LogP contribution >= 0.6 is 0 Å². The van der Waals surface area contributed by atoms with Gasteiger partial charge in [-0.05, 0) is 19.1 Å². The highest BCUT2D eigenvalue weighted by atomic mass is 16.1. The molecule has 0 fully saturated rings. The molecule has 0 bridgehead atoms. The van der Waals surface area contributed by atoms with Crippen LogP contribution in [0.25, 0.3) is 0 Å². The van der Waals surface area contributed by atoms with Crippen molar-refractivity contribution in [2.75, 3.05) is 30.9 Å². The van der Waals surface area contributed by atoms with E-state index in [9.17, 15) is 4.79 Å². The van der Waals surface area contributed by atoms with Crippen molar-refractivity contribution in [2.24, 2.45) is 0 Å². The van der Waals surface area contributed by atoms with Gasteiger partial charge in [0, 0.05) is 26.7 Å². The molecular formula is C14H19N5O. The topological polar surface area (TPSA) is 63.1 Å². The summed E-state index contributed by atoms with van der Waals surface area (Å²) in [5.41, 5.74) is 1.49. The van der Waals surface area contributed by atoms with Crippen LogP contribution in [0.4, 0.5) is 11.5 Å². The van der Waals surface area contributed by atoms with Gasteiger partial charge in [0.1, 0.15) is 5.82 Å². The van der Waals surface area contributed by atoms with Gasteiger partial charge >= 0.3 is 0 Å². The first kappa shape index (κ1) is 14.0. The van der Waals surface area contributed by atoms with E-state index < -0.39 is 0 Å². The fourth-order valence-electron chi connectivity index (χ4n) is 1.79. The minimum absolute atomic E-state index is 0.125. The van der Waals surface area contributed by atoms with Crippen LogP contribution in [-0.2, 0) is 6.54 Å². The molecule has 6 heteroatoms. The molecule has 0 radical (unpaired) electrons. The lowest BCUT2D eigenvalue weighted by Crippen LogP contribution is -2.26. The number of hydrogen-bond donors (Lipinski definition) is 1. The van der Waals surface area contributed by atoms with Crippen molar-refractivity contribution in [3.8, 4) is 0 Å². The van der Waals surface area contributed by atoms with Gasteiger partial charge in [-0.1, -0.05) is 6.07 Å². The summed E-state index contributed by atoms with van der Waals surface area (Å²) in [7, 11) is 3.74. The van der Waals surface area contributed by atoms with Crippen molar-refractivity contribution in [2.45, 2.75) is 13.5 Å². The van der Waals surface area contributed by atoms with Crippen LogP contribution in [0.5, 0.6) is 0 Å². The Morgan fingerprint density at radius 2 is 2.20 bits per heavy atom. The second-order valence-corrected chi connectivity index (χ2v) is 4.49. The van der Waals surface area contributed by atoms with E-state index in [0.717, 1.165) is 23.7 Å². The molecule has 0 unspecified atom stereocenters. The molecule has 0 atom stereocenters. The van der Waals surface area contributed by atoms with Crippen LogP contribution in [0.3, 0.4) is 0 Å². The number of hydrogen-bond acceptors (Lipinski definition) is 5. The maximum absolute atomic E-state index is 12.0. The van der Waals surface area contributed by atoms with E-state index >= 15 is 0 Å². The van der Waals surface area contributed by atoms with E-state index in [1.165, 1.54) is 4.68 Å². The number of aromatic nitrogens is 3. The zero-order valence-electron chi connectivity index (χ0n) is 12.0. The van der Waals surface area contributed by atoms with Gasteiger partial charge in [-0.15, -0.1) is 0 Å². The molecule has 106 valence electrons. The molecule has 2 aromatic rings. The van der Waals surface area contributed by atoms with Crippen LogP contribution in [0.1, 0.15) is 12.6 Å². The molecule has 0 amide bonds. The summed E-state index contributed by atoms with van der Waals surface area (Å²) in [6.45, 7) is 3.22. The van der Waals surface area contributed by atoms with E-state index in [-0.39, 0.29) is 5.56 Å². The van der Waals surface area contributed by atoms with Crippen LogP contribution in [0, 0.1) is 0 Å². The van der Waals surface area contributed by atoms with Gasteiger partial charge in [0.15, 0.2) is 0 Å². The zero-order valence-corrected chi connectivity index (χ0v) is 12.0. The Kier molecular flexibility index (Phi) is 4.34. The highest BCUT2D eigenvalue weighted by Crippen LogP contribution is 2.07.